The molecule has 2 rings (SSSR count). The maximum absolute atomic E-state index is 10.5. The molecule has 0 unspecified atom stereocenters. The fourth-order valence-electron chi connectivity index (χ4n) is 1.86. The molecule has 0 saturated carbocycles. The molecule has 12 heteroatoms. The summed E-state index contributed by atoms with van der Waals surface area (Å²) in [6, 6.07) is 19.1. The largest absolute Gasteiger partial charge is 0.412 e. The summed E-state index contributed by atoms with van der Waals surface area (Å²) in [5.41, 5.74) is 2.03. The van der Waals surface area contributed by atoms with Gasteiger partial charge in [0.1, 0.15) is 0 Å². The number of nitrogens with two attached hydrogens (primary N) is 1. The van der Waals surface area contributed by atoms with Gasteiger partial charge in [-0.05, 0) is 11.1 Å². The first kappa shape index (κ1) is 30.6. The Morgan fingerprint density at radius 1 is 0.733 bits per heavy atom. The van der Waals surface area contributed by atoms with Crippen LogP contribution in [0.4, 0.5) is 0 Å². The van der Waals surface area contributed by atoms with Crippen molar-refractivity contribution >= 4 is 29.8 Å². The summed E-state index contributed by atoms with van der Waals surface area (Å²) in [4.78, 5) is 0. The molecule has 0 amide bonds. The monoisotopic (exact) mass is 484 g/mol. The molecule has 7 N–H and O–H groups in total. The zero-order chi connectivity index (χ0) is 20.9. The van der Waals surface area contributed by atoms with Gasteiger partial charge >= 0.3 is 0 Å². The molecule has 30 heavy (non-hydrogen) atoms. The van der Waals surface area contributed by atoms with Crippen LogP contribution in [0.3, 0.4) is 0 Å². The van der Waals surface area contributed by atoms with Crippen molar-refractivity contribution in [3.05, 3.63) is 71.8 Å². The van der Waals surface area contributed by atoms with Gasteiger partial charge in [-0.25, -0.2) is 22.0 Å². The summed E-state index contributed by atoms with van der Waals surface area (Å²) in [7, 11) is -1.83. The molecule has 0 saturated heterocycles. The van der Waals surface area contributed by atoms with E-state index in [1.165, 1.54) is 0 Å². The van der Waals surface area contributed by atoms with E-state index in [2.05, 4.69) is 0 Å². The molecule has 0 aromatic heterocycles. The Balaban J connectivity index is 0. The van der Waals surface area contributed by atoms with E-state index in [1.807, 2.05) is 60.7 Å². The van der Waals surface area contributed by atoms with Crippen LogP contribution in [-0.2, 0) is 41.8 Å². The Bertz CT molecular complexity index is 806. The van der Waals surface area contributed by atoms with Crippen LogP contribution >= 0.6 is 10.7 Å². The summed E-state index contributed by atoms with van der Waals surface area (Å²) in [6.45, 7) is 1.08. The average molecular weight is 485 g/mol. The highest BCUT2D eigenvalue weighted by molar-refractivity contribution is 8.13. The quantitative estimate of drug-likeness (QED) is 0.379. The highest BCUT2D eigenvalue weighted by Crippen LogP contribution is 2.02. The van der Waals surface area contributed by atoms with Gasteiger partial charge in [-0.1, -0.05) is 60.7 Å². The molecular weight excluding hydrogens is 456 g/mol. The van der Waals surface area contributed by atoms with Gasteiger partial charge in [-0.2, -0.15) is 0 Å². The summed E-state index contributed by atoms with van der Waals surface area (Å²) < 4.78 is 52.4. The minimum atomic E-state index is -3.43. The number of halogens is 1. The van der Waals surface area contributed by atoms with Gasteiger partial charge in [0, 0.05) is 10.7 Å². The van der Waals surface area contributed by atoms with Crippen molar-refractivity contribution in [1.29, 1.82) is 0 Å². The van der Waals surface area contributed by atoms with Crippen LogP contribution in [0.2, 0.25) is 0 Å². The summed E-state index contributed by atoms with van der Waals surface area (Å²) in [6.07, 6.45) is 0. The molecule has 0 heterocycles. The molecule has 0 radical (unpaired) electrons. The second kappa shape index (κ2) is 16.2. The van der Waals surface area contributed by atoms with Crippen molar-refractivity contribution in [2.45, 2.75) is 13.2 Å². The molecule has 9 nitrogen and oxygen atoms in total. The number of rotatable bonds is 10. The number of ether oxygens (including phenoxy) is 2. The van der Waals surface area contributed by atoms with Crippen molar-refractivity contribution in [2.24, 2.45) is 5.14 Å². The average Bonchev–Trinajstić information content (AvgIpc) is 2.63. The van der Waals surface area contributed by atoms with E-state index < -0.39 is 19.1 Å². The molecule has 0 aliphatic rings. The topological polar surface area (TPSA) is 179 Å². The Kier molecular flexibility index (Phi) is 16.5. The maximum atomic E-state index is 10.5. The van der Waals surface area contributed by atoms with Crippen molar-refractivity contribution in [2.75, 3.05) is 24.7 Å². The molecule has 2 aromatic rings. The lowest BCUT2D eigenvalue weighted by atomic mass is 10.2. The summed E-state index contributed by atoms with van der Waals surface area (Å²) >= 11 is 0. The smallest absolute Gasteiger partial charge is 0.234 e. The van der Waals surface area contributed by atoms with Crippen molar-refractivity contribution in [1.82, 2.24) is 6.15 Å². The summed E-state index contributed by atoms with van der Waals surface area (Å²) in [5, 5.41) is 4.81. The normalized spacial score (nSPS) is 10.7. The molecule has 0 bridgehead atoms. The second-order valence-electron chi connectivity index (χ2n) is 5.69. The predicted octanol–water partition coefficient (Wildman–Crippen LogP) is 1.60. The van der Waals surface area contributed by atoms with E-state index in [0.717, 1.165) is 11.1 Å². The molecule has 0 aliphatic heterocycles. The van der Waals surface area contributed by atoms with E-state index in [4.69, 9.17) is 25.3 Å². The van der Waals surface area contributed by atoms with Gasteiger partial charge in [-0.15, -0.1) is 0 Å². The van der Waals surface area contributed by atoms with E-state index in [9.17, 15) is 16.8 Å². The zero-order valence-corrected chi connectivity index (χ0v) is 18.8. The minimum absolute atomic E-state index is 0. The Labute approximate surface area is 182 Å². The van der Waals surface area contributed by atoms with Crippen LogP contribution in [0, 0.1) is 0 Å². The van der Waals surface area contributed by atoms with Gasteiger partial charge in [0.15, 0.2) is 0 Å². The van der Waals surface area contributed by atoms with E-state index >= 15 is 0 Å². The predicted molar refractivity (Wildman–Crippen MR) is 118 cm³/mol. The lowest BCUT2D eigenvalue weighted by molar-refractivity contribution is 0.135. The van der Waals surface area contributed by atoms with Crippen molar-refractivity contribution < 1.29 is 31.8 Å². The highest BCUT2D eigenvalue weighted by atomic mass is 35.7. The van der Waals surface area contributed by atoms with Crippen LogP contribution in [0.15, 0.2) is 60.7 Å². The number of hydrogen-bond donors (Lipinski definition) is 2. The Morgan fingerprint density at radius 3 is 1.43 bits per heavy atom. The standard InChI is InChI=1S/C9H11ClO3S.C9H13NO3S.H3N.H2O/c2*10-14(11,12)7-6-13-8-9-4-2-1-3-5-9;;/h1-5H,6-8H2;1-5H,6-8H2,(H2,10,11,12);1H3;1H2. The first-order valence-electron chi connectivity index (χ1n) is 8.32. The van der Waals surface area contributed by atoms with Crippen molar-refractivity contribution in [3.8, 4) is 0 Å². The van der Waals surface area contributed by atoms with Gasteiger partial charge in [-0.3, -0.25) is 0 Å². The maximum Gasteiger partial charge on any atom is 0.234 e. The molecule has 172 valence electrons. The van der Waals surface area contributed by atoms with E-state index in [0.29, 0.717) is 13.2 Å². The van der Waals surface area contributed by atoms with E-state index in [-0.39, 0.29) is 36.3 Å². The minimum Gasteiger partial charge on any atom is -0.412 e. The van der Waals surface area contributed by atoms with Gasteiger partial charge in [0.2, 0.25) is 19.1 Å². The molecular formula is C18H29ClN2O7S2. The third kappa shape index (κ3) is 18.5. The summed E-state index contributed by atoms with van der Waals surface area (Å²) in [5.74, 6) is -0.290. The van der Waals surface area contributed by atoms with E-state index in [1.54, 1.807) is 0 Å². The van der Waals surface area contributed by atoms with Crippen LogP contribution in [-0.4, -0.2) is 47.0 Å². The second-order valence-corrected chi connectivity index (χ2v) is 10.3. The zero-order valence-electron chi connectivity index (χ0n) is 16.4. The molecule has 0 spiro atoms. The van der Waals surface area contributed by atoms with Gasteiger partial charge < -0.3 is 21.1 Å². The molecule has 0 fully saturated rings. The molecule has 2 aromatic carbocycles. The molecule has 0 aliphatic carbocycles. The van der Waals surface area contributed by atoms with Crippen LogP contribution in [0.25, 0.3) is 0 Å². The van der Waals surface area contributed by atoms with Gasteiger partial charge in [0.05, 0.1) is 37.9 Å². The van der Waals surface area contributed by atoms with Crippen LogP contribution in [0.5, 0.6) is 0 Å². The first-order chi connectivity index (χ1) is 13.2. The Hall–Kier alpha value is -1.57. The Morgan fingerprint density at radius 2 is 1.10 bits per heavy atom. The van der Waals surface area contributed by atoms with Crippen molar-refractivity contribution in [3.63, 3.8) is 0 Å². The number of hydrogen-bond acceptors (Lipinski definition) is 7. The number of sulfonamides is 1. The number of benzene rings is 2. The lowest BCUT2D eigenvalue weighted by Crippen LogP contribution is -2.20. The SMILES string of the molecule is N.NS(=O)(=O)CCOCc1ccccc1.O.O=S(=O)(Cl)CCOCc1ccccc1. The van der Waals surface area contributed by atoms with Crippen LogP contribution < -0.4 is 11.3 Å². The highest BCUT2D eigenvalue weighted by Gasteiger charge is 2.04. The number of primary sulfonamides is 1. The van der Waals surface area contributed by atoms with Gasteiger partial charge in [0.25, 0.3) is 0 Å². The third-order valence-electron chi connectivity index (χ3n) is 3.21. The van der Waals surface area contributed by atoms with Crippen LogP contribution in [0.1, 0.15) is 11.1 Å². The fourth-order valence-corrected chi connectivity index (χ4v) is 2.72. The fraction of sp³-hybridized carbons (Fsp3) is 0.333. The first-order valence-corrected chi connectivity index (χ1v) is 12.5. The molecule has 0 atom stereocenters. The lowest BCUT2D eigenvalue weighted by Gasteiger charge is -2.02. The third-order valence-corrected chi connectivity index (χ3v) is 5.06.